The fourth-order valence-corrected chi connectivity index (χ4v) is 1.90. The fraction of sp³-hybridized carbons (Fsp3) is 0.250. The van der Waals surface area contributed by atoms with Crippen molar-refractivity contribution < 1.29 is 9.18 Å². The summed E-state index contributed by atoms with van der Waals surface area (Å²) in [4.78, 5) is 16.0. The molecular formula is C12H10ClFN4O. The number of rotatable bonds is 3. The van der Waals surface area contributed by atoms with Crippen LogP contribution in [0.25, 0.3) is 0 Å². The lowest BCUT2D eigenvalue weighted by atomic mass is 10.3. The second-order valence-corrected chi connectivity index (χ2v) is 4.80. The Bertz CT molecular complexity index is 638. The molecule has 19 heavy (non-hydrogen) atoms. The lowest BCUT2D eigenvalue weighted by Gasteiger charge is -2.04. The molecule has 2 aromatic rings. The van der Waals surface area contributed by atoms with Gasteiger partial charge in [-0.25, -0.2) is 9.37 Å². The van der Waals surface area contributed by atoms with Crippen LogP contribution in [-0.2, 0) is 0 Å². The van der Waals surface area contributed by atoms with E-state index in [4.69, 9.17) is 11.6 Å². The highest BCUT2D eigenvalue weighted by Crippen LogP contribution is 2.37. The minimum absolute atomic E-state index is 0.0577. The van der Waals surface area contributed by atoms with E-state index in [2.05, 4.69) is 20.5 Å². The van der Waals surface area contributed by atoms with E-state index < -0.39 is 11.7 Å². The summed E-state index contributed by atoms with van der Waals surface area (Å²) in [7, 11) is 0. The van der Waals surface area contributed by atoms with Crippen molar-refractivity contribution in [2.75, 3.05) is 5.32 Å². The summed E-state index contributed by atoms with van der Waals surface area (Å²) in [6, 6.07) is 3.74. The molecule has 0 spiro atoms. The third-order valence-corrected chi connectivity index (χ3v) is 3.16. The van der Waals surface area contributed by atoms with Crippen molar-refractivity contribution in [3.05, 3.63) is 40.7 Å². The number of carbonyl (C=O) groups is 1. The van der Waals surface area contributed by atoms with Crippen LogP contribution < -0.4 is 5.32 Å². The van der Waals surface area contributed by atoms with Crippen LogP contribution in [0.3, 0.4) is 0 Å². The molecule has 1 saturated carbocycles. The van der Waals surface area contributed by atoms with Crippen LogP contribution in [0, 0.1) is 5.82 Å². The molecule has 0 saturated heterocycles. The van der Waals surface area contributed by atoms with E-state index in [0.29, 0.717) is 11.6 Å². The van der Waals surface area contributed by atoms with Crippen molar-refractivity contribution in [2.45, 2.75) is 18.8 Å². The summed E-state index contributed by atoms with van der Waals surface area (Å²) in [5.74, 6) is 0.245. The molecule has 7 heteroatoms. The number of aromatic nitrogens is 3. The Morgan fingerprint density at radius 3 is 2.95 bits per heavy atom. The van der Waals surface area contributed by atoms with Gasteiger partial charge in [0.2, 0.25) is 5.82 Å². The van der Waals surface area contributed by atoms with Crippen molar-refractivity contribution in [3.63, 3.8) is 0 Å². The lowest BCUT2D eigenvalue weighted by molar-refractivity contribution is 0.101. The van der Waals surface area contributed by atoms with E-state index in [-0.39, 0.29) is 10.8 Å². The first-order chi connectivity index (χ1) is 9.13. The van der Waals surface area contributed by atoms with Gasteiger partial charge in [0.1, 0.15) is 11.6 Å². The smallest absolute Gasteiger partial charge is 0.295 e. The standard InChI is InChI=1S/C12H10ClFN4O/c13-8-5-7(14)3-4-9(8)15-12(19)11-16-10(17-18-11)6-1-2-6/h3-6H,1-2H2,(H,15,19)(H,16,17,18). The maximum absolute atomic E-state index is 12.9. The summed E-state index contributed by atoms with van der Waals surface area (Å²) in [5.41, 5.74) is 0.325. The molecular weight excluding hydrogens is 271 g/mol. The number of carbonyl (C=O) groups excluding carboxylic acids is 1. The zero-order valence-corrected chi connectivity index (χ0v) is 10.5. The molecule has 98 valence electrons. The molecule has 1 fully saturated rings. The second-order valence-electron chi connectivity index (χ2n) is 4.40. The summed E-state index contributed by atoms with van der Waals surface area (Å²) in [6.07, 6.45) is 2.14. The Balaban J connectivity index is 1.76. The van der Waals surface area contributed by atoms with E-state index in [1.165, 1.54) is 12.1 Å². The van der Waals surface area contributed by atoms with Gasteiger partial charge in [-0.15, -0.1) is 5.10 Å². The predicted octanol–water partition coefficient (Wildman–Crippen LogP) is 2.73. The van der Waals surface area contributed by atoms with Gasteiger partial charge in [0.15, 0.2) is 0 Å². The van der Waals surface area contributed by atoms with E-state index in [0.717, 1.165) is 24.7 Å². The van der Waals surface area contributed by atoms with Crippen LogP contribution in [0.4, 0.5) is 10.1 Å². The molecule has 1 aromatic heterocycles. The maximum atomic E-state index is 12.9. The quantitative estimate of drug-likeness (QED) is 0.908. The third-order valence-electron chi connectivity index (χ3n) is 2.85. The summed E-state index contributed by atoms with van der Waals surface area (Å²) in [6.45, 7) is 0. The largest absolute Gasteiger partial charge is 0.318 e. The molecule has 1 aromatic carbocycles. The molecule has 0 aliphatic heterocycles. The number of aromatic amines is 1. The van der Waals surface area contributed by atoms with Gasteiger partial charge in [-0.2, -0.15) is 0 Å². The average molecular weight is 281 g/mol. The highest BCUT2D eigenvalue weighted by Gasteiger charge is 2.28. The van der Waals surface area contributed by atoms with E-state index in [9.17, 15) is 9.18 Å². The minimum atomic E-state index is -0.475. The van der Waals surface area contributed by atoms with Gasteiger partial charge in [0, 0.05) is 5.92 Å². The van der Waals surface area contributed by atoms with Gasteiger partial charge < -0.3 is 5.32 Å². The second kappa shape index (κ2) is 4.62. The van der Waals surface area contributed by atoms with Gasteiger partial charge in [-0.3, -0.25) is 9.89 Å². The zero-order chi connectivity index (χ0) is 13.4. The number of hydrogen-bond donors (Lipinski definition) is 2. The molecule has 1 amide bonds. The normalized spacial score (nSPS) is 14.4. The highest BCUT2D eigenvalue weighted by atomic mass is 35.5. The Morgan fingerprint density at radius 1 is 1.47 bits per heavy atom. The molecule has 5 nitrogen and oxygen atoms in total. The van der Waals surface area contributed by atoms with Crippen LogP contribution in [0.2, 0.25) is 5.02 Å². The fourth-order valence-electron chi connectivity index (χ4n) is 1.68. The molecule has 1 heterocycles. The monoisotopic (exact) mass is 280 g/mol. The molecule has 0 bridgehead atoms. The van der Waals surface area contributed by atoms with Crippen molar-refractivity contribution in [1.29, 1.82) is 0 Å². The first-order valence-electron chi connectivity index (χ1n) is 5.82. The van der Waals surface area contributed by atoms with Crippen LogP contribution in [0.1, 0.15) is 35.2 Å². The highest BCUT2D eigenvalue weighted by molar-refractivity contribution is 6.33. The Labute approximate surface area is 113 Å². The van der Waals surface area contributed by atoms with Crippen molar-refractivity contribution in [1.82, 2.24) is 15.2 Å². The summed E-state index contributed by atoms with van der Waals surface area (Å²) in [5, 5.41) is 9.27. The van der Waals surface area contributed by atoms with Crippen molar-refractivity contribution in [3.8, 4) is 0 Å². The third kappa shape index (κ3) is 2.58. The maximum Gasteiger partial charge on any atom is 0.295 e. The lowest BCUT2D eigenvalue weighted by Crippen LogP contribution is -2.14. The Hall–Kier alpha value is -1.95. The number of halogens is 2. The number of H-pyrrole nitrogens is 1. The Morgan fingerprint density at radius 2 is 2.26 bits per heavy atom. The van der Waals surface area contributed by atoms with E-state index in [1.54, 1.807) is 0 Å². The van der Waals surface area contributed by atoms with Gasteiger partial charge in [-0.1, -0.05) is 11.6 Å². The van der Waals surface area contributed by atoms with Crippen LogP contribution >= 0.6 is 11.6 Å². The number of nitrogens with one attached hydrogen (secondary N) is 2. The van der Waals surface area contributed by atoms with E-state index >= 15 is 0 Å². The minimum Gasteiger partial charge on any atom is -0.318 e. The zero-order valence-electron chi connectivity index (χ0n) is 9.78. The van der Waals surface area contributed by atoms with Crippen molar-refractivity contribution in [2.24, 2.45) is 0 Å². The number of nitrogens with zero attached hydrogens (tertiary/aromatic N) is 2. The van der Waals surface area contributed by atoms with Crippen LogP contribution in [0.15, 0.2) is 18.2 Å². The number of anilines is 1. The van der Waals surface area contributed by atoms with Gasteiger partial charge in [0.25, 0.3) is 5.91 Å². The molecule has 0 atom stereocenters. The van der Waals surface area contributed by atoms with E-state index in [1.807, 2.05) is 0 Å². The molecule has 0 radical (unpaired) electrons. The SMILES string of the molecule is O=C(Nc1ccc(F)cc1Cl)c1n[nH]c(C2CC2)n1. The average Bonchev–Trinajstić information content (AvgIpc) is 3.10. The molecule has 2 N–H and O–H groups in total. The predicted molar refractivity (Wildman–Crippen MR) is 67.7 cm³/mol. The van der Waals surface area contributed by atoms with Crippen molar-refractivity contribution >= 4 is 23.2 Å². The molecule has 1 aliphatic rings. The van der Waals surface area contributed by atoms with Gasteiger partial charge in [-0.05, 0) is 31.0 Å². The molecule has 0 unspecified atom stereocenters. The van der Waals surface area contributed by atoms with Crippen LogP contribution in [-0.4, -0.2) is 21.1 Å². The topological polar surface area (TPSA) is 70.7 Å². The first kappa shape index (κ1) is 12.1. The molecule has 1 aliphatic carbocycles. The Kier molecular flexibility index (Phi) is 2.94. The van der Waals surface area contributed by atoms with Crippen LogP contribution in [0.5, 0.6) is 0 Å². The van der Waals surface area contributed by atoms with Gasteiger partial charge >= 0.3 is 0 Å². The summed E-state index contributed by atoms with van der Waals surface area (Å²) >= 11 is 5.82. The molecule has 3 rings (SSSR count). The number of amides is 1. The summed E-state index contributed by atoms with van der Waals surface area (Å²) < 4.78 is 12.9. The number of benzene rings is 1. The van der Waals surface area contributed by atoms with Gasteiger partial charge in [0.05, 0.1) is 10.7 Å². The first-order valence-corrected chi connectivity index (χ1v) is 6.20. The number of hydrogen-bond acceptors (Lipinski definition) is 3.